The molecule has 0 radical (unpaired) electrons. The predicted octanol–water partition coefficient (Wildman–Crippen LogP) is 4.06. The maximum absolute atomic E-state index is 13.0. The molecule has 0 spiro atoms. The van der Waals surface area contributed by atoms with Crippen molar-refractivity contribution in [1.29, 1.82) is 0 Å². The molecule has 2 heterocycles. The van der Waals surface area contributed by atoms with Crippen LogP contribution in [0.5, 0.6) is 0 Å². The third kappa shape index (κ3) is 3.52. The second kappa shape index (κ2) is 6.78. The molecule has 0 bridgehead atoms. The fraction of sp³-hybridized carbons (Fsp3) is 0.353. The minimum atomic E-state index is -0.294. The molecule has 0 aliphatic heterocycles. The normalized spacial score (nSPS) is 13.8. The number of hydrogen-bond donors (Lipinski definition) is 1. The van der Waals surface area contributed by atoms with Crippen LogP contribution >= 0.6 is 11.3 Å². The summed E-state index contributed by atoms with van der Waals surface area (Å²) in [5.41, 5.74) is 1.47. The molecule has 0 fully saturated rings. The van der Waals surface area contributed by atoms with E-state index in [1.807, 2.05) is 12.3 Å². The van der Waals surface area contributed by atoms with Gasteiger partial charge in [-0.05, 0) is 44.5 Å². The highest BCUT2D eigenvalue weighted by molar-refractivity contribution is 7.09. The maximum Gasteiger partial charge on any atom is 0.247 e. The van der Waals surface area contributed by atoms with Crippen molar-refractivity contribution in [2.45, 2.75) is 39.3 Å². The first-order valence-electron chi connectivity index (χ1n) is 7.76. The number of nitrogens with zero attached hydrogens (tertiary/aromatic N) is 3. The largest absolute Gasteiger partial charge is 0.419 e. The van der Waals surface area contributed by atoms with E-state index in [9.17, 15) is 4.39 Å². The standard InChI is InChI=1S/C17H19FN4OS/c1-4-17(3,16-20-11(2)10-24-16)19-9-14-21-22-15(23-14)12-5-7-13(18)8-6-12/h5-8,10,19H,4,9H2,1-3H3. The Morgan fingerprint density at radius 3 is 2.62 bits per heavy atom. The van der Waals surface area contributed by atoms with Gasteiger partial charge in [0.25, 0.3) is 0 Å². The lowest BCUT2D eigenvalue weighted by Crippen LogP contribution is -2.38. The SMILES string of the molecule is CCC(C)(NCc1nnc(-c2ccc(F)cc2)o1)c1nc(C)cs1. The Kier molecular flexibility index (Phi) is 4.73. The Bertz CT molecular complexity index is 814. The number of hydrogen-bond acceptors (Lipinski definition) is 6. The van der Waals surface area contributed by atoms with Crippen LogP contribution in [0, 0.1) is 12.7 Å². The van der Waals surface area contributed by atoms with Crippen LogP contribution in [-0.2, 0) is 12.1 Å². The van der Waals surface area contributed by atoms with E-state index in [4.69, 9.17) is 4.42 Å². The third-order valence-electron chi connectivity index (χ3n) is 3.99. The van der Waals surface area contributed by atoms with E-state index in [1.54, 1.807) is 23.5 Å². The molecule has 3 aromatic rings. The highest BCUT2D eigenvalue weighted by Crippen LogP contribution is 2.28. The summed E-state index contributed by atoms with van der Waals surface area (Å²) in [6.07, 6.45) is 0.888. The van der Waals surface area contributed by atoms with Crippen molar-refractivity contribution in [3.05, 3.63) is 52.1 Å². The first-order valence-corrected chi connectivity index (χ1v) is 8.64. The lowest BCUT2D eigenvalue weighted by Gasteiger charge is -2.26. The number of benzene rings is 1. The van der Waals surface area contributed by atoms with Crippen molar-refractivity contribution >= 4 is 11.3 Å². The molecular weight excluding hydrogens is 327 g/mol. The van der Waals surface area contributed by atoms with Crippen LogP contribution in [0.3, 0.4) is 0 Å². The van der Waals surface area contributed by atoms with Gasteiger partial charge < -0.3 is 4.42 Å². The first-order chi connectivity index (χ1) is 11.5. The summed E-state index contributed by atoms with van der Waals surface area (Å²) in [5, 5.41) is 14.6. The number of aryl methyl sites for hydroxylation is 1. The lowest BCUT2D eigenvalue weighted by molar-refractivity contribution is 0.327. The van der Waals surface area contributed by atoms with E-state index in [2.05, 4.69) is 34.3 Å². The van der Waals surface area contributed by atoms with Gasteiger partial charge in [0.05, 0.1) is 12.1 Å². The monoisotopic (exact) mass is 346 g/mol. The zero-order chi connectivity index (χ0) is 17.2. The number of thiazole rings is 1. The molecule has 1 N–H and O–H groups in total. The smallest absolute Gasteiger partial charge is 0.247 e. The lowest BCUT2D eigenvalue weighted by atomic mass is 10.00. The second-order valence-electron chi connectivity index (χ2n) is 5.84. The Morgan fingerprint density at radius 1 is 1.25 bits per heavy atom. The molecule has 0 aliphatic rings. The zero-order valence-corrected chi connectivity index (χ0v) is 14.7. The van der Waals surface area contributed by atoms with Crippen LogP contribution in [0.15, 0.2) is 34.1 Å². The molecule has 1 aromatic carbocycles. The Hall–Kier alpha value is -2.12. The van der Waals surface area contributed by atoms with Gasteiger partial charge in [-0.15, -0.1) is 21.5 Å². The number of nitrogens with one attached hydrogen (secondary N) is 1. The van der Waals surface area contributed by atoms with Gasteiger partial charge in [0.15, 0.2) is 0 Å². The zero-order valence-electron chi connectivity index (χ0n) is 13.8. The van der Waals surface area contributed by atoms with Crippen molar-refractivity contribution in [1.82, 2.24) is 20.5 Å². The van der Waals surface area contributed by atoms with Crippen LogP contribution in [0.2, 0.25) is 0 Å². The van der Waals surface area contributed by atoms with E-state index in [-0.39, 0.29) is 11.4 Å². The number of aromatic nitrogens is 3. The van der Waals surface area contributed by atoms with E-state index in [0.29, 0.717) is 23.9 Å². The molecule has 0 saturated carbocycles. The van der Waals surface area contributed by atoms with Gasteiger partial charge in [-0.2, -0.15) is 0 Å². The highest BCUT2D eigenvalue weighted by Gasteiger charge is 2.27. The summed E-state index contributed by atoms with van der Waals surface area (Å²) in [6, 6.07) is 5.98. The van der Waals surface area contributed by atoms with Gasteiger partial charge >= 0.3 is 0 Å². The predicted molar refractivity (Wildman–Crippen MR) is 91.0 cm³/mol. The Balaban J connectivity index is 1.71. The summed E-state index contributed by atoms with van der Waals surface area (Å²) in [4.78, 5) is 4.58. The van der Waals surface area contributed by atoms with E-state index >= 15 is 0 Å². The van der Waals surface area contributed by atoms with Crippen molar-refractivity contribution < 1.29 is 8.81 Å². The van der Waals surface area contributed by atoms with Crippen molar-refractivity contribution in [2.75, 3.05) is 0 Å². The molecule has 0 saturated heterocycles. The topological polar surface area (TPSA) is 63.8 Å². The average molecular weight is 346 g/mol. The molecule has 0 amide bonds. The molecule has 3 rings (SSSR count). The van der Waals surface area contributed by atoms with E-state index in [1.165, 1.54) is 12.1 Å². The quantitative estimate of drug-likeness (QED) is 0.729. The van der Waals surface area contributed by atoms with Crippen molar-refractivity contribution in [3.63, 3.8) is 0 Å². The molecule has 1 atom stereocenters. The van der Waals surface area contributed by atoms with Gasteiger partial charge in [0.2, 0.25) is 11.8 Å². The van der Waals surface area contributed by atoms with Gasteiger partial charge in [-0.1, -0.05) is 6.92 Å². The fourth-order valence-corrected chi connectivity index (χ4v) is 3.27. The van der Waals surface area contributed by atoms with Gasteiger partial charge in [0, 0.05) is 16.6 Å². The van der Waals surface area contributed by atoms with Crippen LogP contribution in [0.25, 0.3) is 11.5 Å². The van der Waals surface area contributed by atoms with E-state index in [0.717, 1.165) is 17.1 Å². The third-order valence-corrected chi connectivity index (χ3v) is 5.21. The second-order valence-corrected chi connectivity index (χ2v) is 6.70. The van der Waals surface area contributed by atoms with Crippen LogP contribution in [0.4, 0.5) is 4.39 Å². The summed E-state index contributed by atoms with van der Waals surface area (Å²) < 4.78 is 18.6. The summed E-state index contributed by atoms with van der Waals surface area (Å²) in [6.45, 7) is 6.66. The molecule has 0 aliphatic carbocycles. The van der Waals surface area contributed by atoms with Crippen LogP contribution in [0.1, 0.15) is 36.9 Å². The summed E-state index contributed by atoms with van der Waals surface area (Å²) in [5.74, 6) is 0.579. The van der Waals surface area contributed by atoms with Crippen LogP contribution in [-0.4, -0.2) is 15.2 Å². The van der Waals surface area contributed by atoms with Crippen LogP contribution < -0.4 is 5.32 Å². The van der Waals surface area contributed by atoms with E-state index < -0.39 is 0 Å². The molecule has 1 unspecified atom stereocenters. The van der Waals surface area contributed by atoms with Gasteiger partial charge in [-0.3, -0.25) is 5.32 Å². The van der Waals surface area contributed by atoms with Crippen molar-refractivity contribution in [3.8, 4) is 11.5 Å². The van der Waals surface area contributed by atoms with Gasteiger partial charge in [-0.25, -0.2) is 9.37 Å². The summed E-state index contributed by atoms with van der Waals surface area (Å²) in [7, 11) is 0. The Labute approximate surface area is 144 Å². The number of halogens is 1. The molecule has 7 heteroatoms. The van der Waals surface area contributed by atoms with Crippen molar-refractivity contribution in [2.24, 2.45) is 0 Å². The summed E-state index contributed by atoms with van der Waals surface area (Å²) >= 11 is 1.64. The Morgan fingerprint density at radius 2 is 2.00 bits per heavy atom. The molecule has 126 valence electrons. The number of rotatable bonds is 6. The minimum absolute atomic E-state index is 0.247. The minimum Gasteiger partial charge on any atom is -0.419 e. The molecule has 24 heavy (non-hydrogen) atoms. The fourth-order valence-electron chi connectivity index (χ4n) is 2.26. The highest BCUT2D eigenvalue weighted by atomic mass is 32.1. The molecule has 5 nitrogen and oxygen atoms in total. The maximum atomic E-state index is 13.0. The molecular formula is C17H19FN4OS. The first kappa shape index (κ1) is 16.7. The van der Waals surface area contributed by atoms with Gasteiger partial charge in [0.1, 0.15) is 10.8 Å². The average Bonchev–Trinajstić information content (AvgIpc) is 3.23. The molecule has 2 aromatic heterocycles.